The van der Waals surface area contributed by atoms with E-state index < -0.39 is 15.8 Å². The summed E-state index contributed by atoms with van der Waals surface area (Å²) in [7, 11) is -3.30. The monoisotopic (exact) mass is 333 g/mol. The van der Waals surface area contributed by atoms with Crippen LogP contribution in [0.3, 0.4) is 0 Å². The predicted octanol–water partition coefficient (Wildman–Crippen LogP) is 1.43. The zero-order chi connectivity index (χ0) is 16.9. The Bertz CT molecular complexity index is 798. The molecule has 0 aliphatic carbocycles. The largest absolute Gasteiger partial charge is 0.425 e. The number of esters is 1. The Hall–Kier alpha value is -2.67. The van der Waals surface area contributed by atoms with Gasteiger partial charge in [0.25, 0.3) is 5.91 Å². The van der Waals surface area contributed by atoms with Crippen LogP contribution >= 0.6 is 0 Å². The second kappa shape index (κ2) is 7.06. The number of nitrogens with one attached hydrogen (secondary N) is 1. The molecule has 0 spiro atoms. The van der Waals surface area contributed by atoms with E-state index in [9.17, 15) is 18.0 Å². The number of carbonyl (C=O) groups is 2. The molecular weight excluding hydrogens is 318 g/mol. The molecule has 0 radical (unpaired) electrons. The Morgan fingerprint density at radius 3 is 2.17 bits per heavy atom. The van der Waals surface area contributed by atoms with Gasteiger partial charge < -0.3 is 10.1 Å². The summed E-state index contributed by atoms with van der Waals surface area (Å²) in [5.74, 6) is -0.826. The molecule has 7 heteroatoms. The van der Waals surface area contributed by atoms with Crippen LogP contribution in [0.4, 0.5) is 0 Å². The smallest absolute Gasteiger partial charge is 0.330 e. The highest BCUT2D eigenvalue weighted by molar-refractivity contribution is 7.90. The van der Waals surface area contributed by atoms with Crippen LogP contribution in [0.1, 0.15) is 10.4 Å². The van der Waals surface area contributed by atoms with Crippen molar-refractivity contribution in [2.24, 2.45) is 0 Å². The van der Waals surface area contributed by atoms with Crippen LogP contribution in [0.25, 0.3) is 0 Å². The van der Waals surface area contributed by atoms with E-state index in [0.717, 1.165) is 6.26 Å². The Labute approximate surface area is 134 Å². The van der Waals surface area contributed by atoms with Gasteiger partial charge in [-0.15, -0.1) is 0 Å². The molecule has 0 fully saturated rings. The number of rotatable bonds is 5. The first kappa shape index (κ1) is 16.7. The molecule has 0 aliphatic rings. The summed E-state index contributed by atoms with van der Waals surface area (Å²) in [4.78, 5) is 23.6. The molecule has 0 saturated carbocycles. The zero-order valence-corrected chi connectivity index (χ0v) is 13.2. The number of hydrogen-bond acceptors (Lipinski definition) is 5. The summed E-state index contributed by atoms with van der Waals surface area (Å²) in [6, 6.07) is 13.9. The molecule has 0 bridgehead atoms. The van der Waals surface area contributed by atoms with Crippen molar-refractivity contribution in [1.29, 1.82) is 0 Å². The maximum Gasteiger partial charge on any atom is 0.330 e. The number of hydrogen-bond donors (Lipinski definition) is 1. The van der Waals surface area contributed by atoms with Gasteiger partial charge in [-0.1, -0.05) is 18.2 Å². The summed E-state index contributed by atoms with van der Waals surface area (Å²) in [6.45, 7) is -0.290. The minimum absolute atomic E-state index is 0.134. The molecule has 0 heterocycles. The molecule has 23 heavy (non-hydrogen) atoms. The van der Waals surface area contributed by atoms with E-state index in [1.807, 2.05) is 0 Å². The van der Waals surface area contributed by atoms with Gasteiger partial charge in [0, 0.05) is 11.8 Å². The van der Waals surface area contributed by atoms with Gasteiger partial charge >= 0.3 is 5.97 Å². The van der Waals surface area contributed by atoms with Gasteiger partial charge in [0.15, 0.2) is 9.84 Å². The molecule has 0 saturated heterocycles. The van der Waals surface area contributed by atoms with Crippen molar-refractivity contribution in [3.05, 3.63) is 60.2 Å². The highest BCUT2D eigenvalue weighted by Crippen LogP contribution is 2.15. The standard InChI is InChI=1S/C16H15NO5S/c1-23(20,21)14-9-7-13(8-10-14)22-15(18)11-17-16(19)12-5-3-2-4-6-12/h2-10H,11H2,1H3,(H,17,19). The number of benzene rings is 2. The van der Waals surface area contributed by atoms with E-state index in [2.05, 4.69) is 5.32 Å². The molecule has 0 unspecified atom stereocenters. The van der Waals surface area contributed by atoms with E-state index in [4.69, 9.17) is 4.74 Å². The molecular formula is C16H15NO5S. The van der Waals surface area contributed by atoms with E-state index in [0.29, 0.717) is 5.56 Å². The molecule has 120 valence electrons. The van der Waals surface area contributed by atoms with Crippen molar-refractivity contribution < 1.29 is 22.7 Å². The first-order valence-corrected chi connectivity index (χ1v) is 8.59. The maximum atomic E-state index is 11.8. The number of amides is 1. The molecule has 2 aromatic rings. The third-order valence-electron chi connectivity index (χ3n) is 2.91. The first-order valence-electron chi connectivity index (χ1n) is 6.70. The van der Waals surface area contributed by atoms with Gasteiger partial charge in [0.05, 0.1) is 4.90 Å². The van der Waals surface area contributed by atoms with Crippen LogP contribution in [0.5, 0.6) is 5.75 Å². The summed E-state index contributed by atoms with van der Waals surface area (Å²) in [5, 5.41) is 2.45. The fourth-order valence-electron chi connectivity index (χ4n) is 1.77. The number of carbonyl (C=O) groups excluding carboxylic acids is 2. The van der Waals surface area contributed by atoms with Gasteiger partial charge in [0.2, 0.25) is 0 Å². The number of ether oxygens (including phenoxy) is 1. The van der Waals surface area contributed by atoms with Crippen LogP contribution in [0.15, 0.2) is 59.5 Å². The maximum absolute atomic E-state index is 11.8. The van der Waals surface area contributed by atoms with Crippen molar-refractivity contribution in [3.8, 4) is 5.75 Å². The summed E-state index contributed by atoms with van der Waals surface area (Å²) in [6.07, 6.45) is 1.09. The first-order chi connectivity index (χ1) is 10.9. The molecule has 6 nitrogen and oxygen atoms in total. The fourth-order valence-corrected chi connectivity index (χ4v) is 2.40. The van der Waals surface area contributed by atoms with Crippen molar-refractivity contribution in [1.82, 2.24) is 5.32 Å². The average Bonchev–Trinajstić information content (AvgIpc) is 2.53. The summed E-state index contributed by atoms with van der Waals surface area (Å²) >= 11 is 0. The summed E-state index contributed by atoms with van der Waals surface area (Å²) < 4.78 is 27.7. The molecule has 1 amide bonds. The molecule has 0 aliphatic heterocycles. The van der Waals surface area contributed by atoms with E-state index in [-0.39, 0.29) is 23.1 Å². The lowest BCUT2D eigenvalue weighted by Crippen LogP contribution is -2.31. The lowest BCUT2D eigenvalue weighted by Gasteiger charge is -2.07. The normalized spacial score (nSPS) is 10.8. The number of sulfone groups is 1. The van der Waals surface area contributed by atoms with E-state index in [1.54, 1.807) is 30.3 Å². The average molecular weight is 333 g/mol. The van der Waals surface area contributed by atoms with Crippen molar-refractivity contribution >= 4 is 21.7 Å². The second-order valence-corrected chi connectivity index (χ2v) is 6.78. The third kappa shape index (κ3) is 4.93. The topological polar surface area (TPSA) is 89.5 Å². The second-order valence-electron chi connectivity index (χ2n) is 4.77. The van der Waals surface area contributed by atoms with Crippen molar-refractivity contribution in [2.45, 2.75) is 4.90 Å². The molecule has 0 atom stereocenters. The van der Waals surface area contributed by atoms with Gasteiger partial charge in [0.1, 0.15) is 12.3 Å². The fraction of sp³-hybridized carbons (Fsp3) is 0.125. The molecule has 0 aromatic heterocycles. The van der Waals surface area contributed by atoms with Crippen LogP contribution in [0.2, 0.25) is 0 Å². The van der Waals surface area contributed by atoms with Crippen LogP contribution in [0, 0.1) is 0 Å². The molecule has 2 aromatic carbocycles. The molecule has 1 N–H and O–H groups in total. The Balaban J connectivity index is 1.89. The lowest BCUT2D eigenvalue weighted by molar-refractivity contribution is -0.133. The van der Waals surface area contributed by atoms with E-state index >= 15 is 0 Å². The quantitative estimate of drug-likeness (QED) is 0.660. The third-order valence-corrected chi connectivity index (χ3v) is 4.04. The van der Waals surface area contributed by atoms with Crippen molar-refractivity contribution in [2.75, 3.05) is 12.8 Å². The highest BCUT2D eigenvalue weighted by atomic mass is 32.2. The SMILES string of the molecule is CS(=O)(=O)c1ccc(OC(=O)CNC(=O)c2ccccc2)cc1. The van der Waals surface area contributed by atoms with Crippen LogP contribution in [-0.4, -0.2) is 33.1 Å². The van der Waals surface area contributed by atoms with Gasteiger partial charge in [-0.2, -0.15) is 0 Å². The van der Waals surface area contributed by atoms with Gasteiger partial charge in [-0.3, -0.25) is 4.79 Å². The minimum Gasteiger partial charge on any atom is -0.425 e. The van der Waals surface area contributed by atoms with Gasteiger partial charge in [-0.25, -0.2) is 13.2 Å². The Morgan fingerprint density at radius 1 is 1.00 bits per heavy atom. The van der Waals surface area contributed by atoms with Crippen molar-refractivity contribution in [3.63, 3.8) is 0 Å². The minimum atomic E-state index is -3.30. The summed E-state index contributed by atoms with van der Waals surface area (Å²) in [5.41, 5.74) is 0.442. The van der Waals surface area contributed by atoms with Crippen LogP contribution < -0.4 is 10.1 Å². The van der Waals surface area contributed by atoms with Crippen LogP contribution in [-0.2, 0) is 14.6 Å². The predicted molar refractivity (Wildman–Crippen MR) is 84.0 cm³/mol. The lowest BCUT2D eigenvalue weighted by atomic mass is 10.2. The molecule has 2 rings (SSSR count). The van der Waals surface area contributed by atoms with E-state index in [1.165, 1.54) is 24.3 Å². The zero-order valence-electron chi connectivity index (χ0n) is 12.4. The Kier molecular flexibility index (Phi) is 5.13. The van der Waals surface area contributed by atoms with Gasteiger partial charge in [-0.05, 0) is 36.4 Å². The Morgan fingerprint density at radius 2 is 1.61 bits per heavy atom. The highest BCUT2D eigenvalue weighted by Gasteiger charge is 2.11.